The van der Waals surface area contributed by atoms with Gasteiger partial charge in [-0.25, -0.2) is 9.59 Å². The molecule has 3 N–H and O–H groups in total. The number of benzene rings is 2. The number of esters is 1. The first-order valence-corrected chi connectivity index (χ1v) is 11.5. The first-order chi connectivity index (χ1) is 16.7. The number of hydrogen-bond donors (Lipinski definition) is 3. The monoisotopic (exact) mass is 482 g/mol. The number of nitrogens with one attached hydrogen (secondary N) is 2. The van der Waals surface area contributed by atoms with Crippen molar-refractivity contribution < 1.29 is 33.8 Å². The summed E-state index contributed by atoms with van der Waals surface area (Å²) >= 11 is 0. The fourth-order valence-electron chi connectivity index (χ4n) is 4.12. The van der Waals surface area contributed by atoms with Crippen LogP contribution in [-0.4, -0.2) is 54.3 Å². The zero-order valence-electron chi connectivity index (χ0n) is 19.9. The van der Waals surface area contributed by atoms with Crippen LogP contribution in [0.15, 0.2) is 48.5 Å². The Balaban J connectivity index is 1.70. The van der Waals surface area contributed by atoms with Gasteiger partial charge in [-0.1, -0.05) is 62.4 Å². The molecule has 1 aliphatic carbocycles. The van der Waals surface area contributed by atoms with Crippen LogP contribution in [0.1, 0.15) is 44.2 Å². The van der Waals surface area contributed by atoms with Gasteiger partial charge in [-0.3, -0.25) is 14.9 Å². The van der Waals surface area contributed by atoms with Gasteiger partial charge in [-0.2, -0.15) is 0 Å². The quantitative estimate of drug-likeness (QED) is 0.350. The van der Waals surface area contributed by atoms with Crippen LogP contribution in [0.3, 0.4) is 0 Å². The minimum atomic E-state index is -1.68. The van der Waals surface area contributed by atoms with Crippen LogP contribution in [0.2, 0.25) is 0 Å². The molecule has 0 spiro atoms. The largest absolute Gasteiger partial charge is 0.481 e. The fraction of sp³-hybridized carbons (Fsp3) is 0.385. The van der Waals surface area contributed by atoms with Crippen LogP contribution >= 0.6 is 0 Å². The van der Waals surface area contributed by atoms with Crippen LogP contribution in [0, 0.1) is 5.92 Å². The number of fused-ring (bicyclic) bond motifs is 3. The number of ether oxygens (including phenoxy) is 2. The molecule has 2 aromatic rings. The zero-order chi connectivity index (χ0) is 25.5. The van der Waals surface area contributed by atoms with E-state index in [2.05, 4.69) is 10.6 Å². The summed E-state index contributed by atoms with van der Waals surface area (Å²) in [6, 6.07) is 13.3. The van der Waals surface area contributed by atoms with Gasteiger partial charge >= 0.3 is 18.0 Å². The van der Waals surface area contributed by atoms with Crippen LogP contribution in [0.4, 0.5) is 4.79 Å². The smallest absolute Gasteiger partial charge is 0.408 e. The lowest BCUT2D eigenvalue weighted by molar-refractivity contribution is -0.149. The molecule has 0 fully saturated rings. The third kappa shape index (κ3) is 6.17. The van der Waals surface area contributed by atoms with E-state index in [1.807, 2.05) is 48.5 Å². The number of aliphatic carboxylic acids is 1. The summed E-state index contributed by atoms with van der Waals surface area (Å²) < 4.78 is 10.4. The number of carbonyl (C=O) groups excluding carboxylic acids is 3. The number of carboxylic acids is 1. The predicted octanol–water partition coefficient (Wildman–Crippen LogP) is 3.07. The molecule has 2 amide bonds. The molecule has 0 heterocycles. The normalized spacial score (nSPS) is 13.8. The Hall–Kier alpha value is -3.88. The minimum absolute atomic E-state index is 0.00226. The topological polar surface area (TPSA) is 131 Å². The van der Waals surface area contributed by atoms with Gasteiger partial charge in [0.25, 0.3) is 5.91 Å². The van der Waals surface area contributed by atoms with Gasteiger partial charge in [0.05, 0.1) is 13.0 Å². The number of hydrogen-bond acceptors (Lipinski definition) is 6. The molecule has 0 radical (unpaired) electrons. The molecular weight excluding hydrogens is 452 g/mol. The van der Waals surface area contributed by atoms with Crippen molar-refractivity contribution in [2.45, 2.75) is 45.2 Å². The third-order valence-electron chi connectivity index (χ3n) is 5.92. The van der Waals surface area contributed by atoms with Crippen molar-refractivity contribution in [3.63, 3.8) is 0 Å². The summed E-state index contributed by atoms with van der Waals surface area (Å²) in [5.74, 6) is -3.33. The molecule has 0 aliphatic heterocycles. The molecular formula is C26H30N2O7. The highest BCUT2D eigenvalue weighted by Gasteiger charge is 2.34. The third-order valence-corrected chi connectivity index (χ3v) is 5.92. The van der Waals surface area contributed by atoms with E-state index in [4.69, 9.17) is 14.6 Å². The van der Waals surface area contributed by atoms with E-state index in [0.29, 0.717) is 0 Å². The molecule has 3 rings (SSSR count). The average molecular weight is 483 g/mol. The Morgan fingerprint density at radius 1 is 0.914 bits per heavy atom. The van der Waals surface area contributed by atoms with Crippen molar-refractivity contribution in [2.75, 3.05) is 13.2 Å². The highest BCUT2D eigenvalue weighted by Crippen LogP contribution is 2.44. The van der Waals surface area contributed by atoms with Gasteiger partial charge in [0, 0.05) is 12.0 Å². The number of carbonyl (C=O) groups is 4. The molecule has 9 heteroatoms. The zero-order valence-corrected chi connectivity index (χ0v) is 19.9. The lowest BCUT2D eigenvalue weighted by Gasteiger charge is -2.24. The van der Waals surface area contributed by atoms with E-state index in [9.17, 15) is 19.2 Å². The lowest BCUT2D eigenvalue weighted by Crippen LogP contribution is -2.55. The molecule has 0 saturated carbocycles. The highest BCUT2D eigenvalue weighted by atomic mass is 16.6. The Kier molecular flexibility index (Phi) is 8.46. The summed E-state index contributed by atoms with van der Waals surface area (Å²) in [5, 5.41) is 13.9. The van der Waals surface area contributed by atoms with Crippen LogP contribution in [-0.2, 0) is 23.9 Å². The van der Waals surface area contributed by atoms with Gasteiger partial charge < -0.3 is 19.9 Å². The number of rotatable bonds is 10. The highest BCUT2D eigenvalue weighted by molar-refractivity contribution is 6.04. The maximum Gasteiger partial charge on any atom is 0.408 e. The van der Waals surface area contributed by atoms with Gasteiger partial charge in [0.2, 0.25) is 6.04 Å². The number of amides is 2. The van der Waals surface area contributed by atoms with E-state index >= 15 is 0 Å². The first-order valence-electron chi connectivity index (χ1n) is 11.5. The van der Waals surface area contributed by atoms with Crippen molar-refractivity contribution in [1.82, 2.24) is 10.6 Å². The molecule has 0 aromatic heterocycles. The second-order valence-corrected chi connectivity index (χ2v) is 8.61. The first kappa shape index (κ1) is 25.7. The van der Waals surface area contributed by atoms with Crippen LogP contribution in [0.5, 0.6) is 0 Å². The second-order valence-electron chi connectivity index (χ2n) is 8.61. The van der Waals surface area contributed by atoms with E-state index < -0.39 is 36.0 Å². The van der Waals surface area contributed by atoms with Gasteiger partial charge in [0.1, 0.15) is 6.61 Å². The minimum Gasteiger partial charge on any atom is -0.481 e. The summed E-state index contributed by atoms with van der Waals surface area (Å²) in [4.78, 5) is 49.0. The Bertz CT molecular complexity index is 1050. The Labute approximate surface area is 203 Å². The van der Waals surface area contributed by atoms with Crippen molar-refractivity contribution in [3.8, 4) is 11.1 Å². The molecule has 35 heavy (non-hydrogen) atoms. The molecule has 2 aromatic carbocycles. The van der Waals surface area contributed by atoms with Crippen molar-refractivity contribution in [1.29, 1.82) is 0 Å². The second kappa shape index (κ2) is 11.5. The van der Waals surface area contributed by atoms with E-state index in [-0.39, 0.29) is 31.5 Å². The predicted molar refractivity (Wildman–Crippen MR) is 128 cm³/mol. The standard InChI is InChI=1S/C26H30N2O7/c1-4-34-25(32)23(24(31)27-21(15(2)3)13-22(29)30)28-26(33)35-14-20-18-11-7-5-9-16(18)17-10-6-8-12-19(17)20/h5-12,15,20-21,23H,4,13-14H2,1-3H3,(H,27,31)(H,28,33)(H,29,30)/t21-,23?/m0/s1. The molecule has 2 atom stereocenters. The van der Waals surface area contributed by atoms with E-state index in [1.54, 1.807) is 20.8 Å². The number of carboxylic acid groups (broad SMARTS) is 1. The van der Waals surface area contributed by atoms with Crippen molar-refractivity contribution in [3.05, 3.63) is 59.7 Å². The van der Waals surface area contributed by atoms with Gasteiger partial charge in [-0.15, -0.1) is 0 Å². The Morgan fingerprint density at radius 3 is 2.00 bits per heavy atom. The van der Waals surface area contributed by atoms with Crippen molar-refractivity contribution >= 4 is 23.9 Å². The summed E-state index contributed by atoms with van der Waals surface area (Å²) in [5.41, 5.74) is 4.18. The van der Waals surface area contributed by atoms with Crippen molar-refractivity contribution in [2.24, 2.45) is 5.92 Å². The number of alkyl carbamates (subject to hydrolysis) is 1. The Morgan fingerprint density at radius 2 is 1.49 bits per heavy atom. The summed E-state index contributed by atoms with van der Waals surface area (Å²) in [6.07, 6.45) is -1.29. The molecule has 0 bridgehead atoms. The molecule has 1 unspecified atom stereocenters. The SMILES string of the molecule is CCOC(=O)C(NC(=O)OCC1c2ccccc2-c2ccccc21)C(=O)N[C@@H](CC(=O)O)C(C)C. The van der Waals surface area contributed by atoms with Gasteiger partial charge in [0.15, 0.2) is 0 Å². The molecule has 186 valence electrons. The van der Waals surface area contributed by atoms with E-state index in [0.717, 1.165) is 22.3 Å². The summed E-state index contributed by atoms with van der Waals surface area (Å²) in [7, 11) is 0. The van der Waals surface area contributed by atoms with Crippen LogP contribution < -0.4 is 10.6 Å². The summed E-state index contributed by atoms with van der Waals surface area (Å²) in [6.45, 7) is 5.06. The lowest BCUT2D eigenvalue weighted by atomic mass is 9.98. The average Bonchev–Trinajstić information content (AvgIpc) is 3.14. The van der Waals surface area contributed by atoms with Gasteiger partial charge in [-0.05, 0) is 35.1 Å². The molecule has 0 saturated heterocycles. The maximum absolute atomic E-state index is 12.8. The van der Waals surface area contributed by atoms with E-state index in [1.165, 1.54) is 0 Å². The molecule has 9 nitrogen and oxygen atoms in total. The van der Waals surface area contributed by atoms with Crippen LogP contribution in [0.25, 0.3) is 11.1 Å². The fourth-order valence-corrected chi connectivity index (χ4v) is 4.12. The molecule has 1 aliphatic rings. The maximum atomic E-state index is 12.8.